The highest BCUT2D eigenvalue weighted by molar-refractivity contribution is 5.97. The standard InChI is InChI=1S/C18H18N4O3/c1-24-14-9-8-13(15(10-14)25-2)11-19-18(23)17-16(20-22-21-17)12-6-4-3-5-7-12/h3-10H,11H2,1-2H3,(H,19,23)(H,20,21,22). The number of rotatable bonds is 6. The molecule has 0 fully saturated rings. The van der Waals surface area contributed by atoms with Crippen LogP contribution in [0.15, 0.2) is 48.5 Å². The summed E-state index contributed by atoms with van der Waals surface area (Å²) < 4.78 is 10.5. The van der Waals surface area contributed by atoms with Crippen LogP contribution in [0.3, 0.4) is 0 Å². The molecule has 0 unspecified atom stereocenters. The number of methoxy groups -OCH3 is 2. The molecule has 2 aromatic carbocycles. The first-order valence-corrected chi connectivity index (χ1v) is 7.68. The highest BCUT2D eigenvalue weighted by atomic mass is 16.5. The summed E-state index contributed by atoms with van der Waals surface area (Å²) in [7, 11) is 3.16. The lowest BCUT2D eigenvalue weighted by atomic mass is 10.1. The maximum absolute atomic E-state index is 12.5. The fourth-order valence-corrected chi connectivity index (χ4v) is 2.44. The van der Waals surface area contributed by atoms with Crippen molar-refractivity contribution in [3.63, 3.8) is 0 Å². The van der Waals surface area contributed by atoms with Crippen molar-refractivity contribution in [3.8, 4) is 22.8 Å². The number of ether oxygens (including phenoxy) is 2. The number of H-pyrrole nitrogens is 1. The number of nitrogens with zero attached hydrogens (tertiary/aromatic N) is 2. The van der Waals surface area contributed by atoms with Gasteiger partial charge in [-0.15, -0.1) is 0 Å². The fourth-order valence-electron chi connectivity index (χ4n) is 2.44. The molecule has 0 aliphatic heterocycles. The minimum Gasteiger partial charge on any atom is -0.497 e. The van der Waals surface area contributed by atoms with Gasteiger partial charge in [0.15, 0.2) is 5.69 Å². The summed E-state index contributed by atoms with van der Waals surface area (Å²) in [6, 6.07) is 14.9. The molecule has 0 saturated carbocycles. The van der Waals surface area contributed by atoms with Crippen molar-refractivity contribution in [1.29, 1.82) is 0 Å². The smallest absolute Gasteiger partial charge is 0.274 e. The first kappa shape index (κ1) is 16.5. The molecule has 7 heteroatoms. The molecule has 0 saturated heterocycles. The number of carbonyl (C=O) groups excluding carboxylic acids is 1. The predicted molar refractivity (Wildman–Crippen MR) is 92.5 cm³/mol. The van der Waals surface area contributed by atoms with Gasteiger partial charge in [0.1, 0.15) is 17.2 Å². The Balaban J connectivity index is 1.75. The second-order valence-corrected chi connectivity index (χ2v) is 5.25. The molecule has 3 aromatic rings. The highest BCUT2D eigenvalue weighted by Gasteiger charge is 2.18. The Hall–Kier alpha value is -3.35. The van der Waals surface area contributed by atoms with Gasteiger partial charge in [0.2, 0.25) is 0 Å². The lowest BCUT2D eigenvalue weighted by molar-refractivity contribution is 0.0946. The Kier molecular flexibility index (Phi) is 4.94. The van der Waals surface area contributed by atoms with Gasteiger partial charge in [0.25, 0.3) is 5.91 Å². The van der Waals surface area contributed by atoms with Gasteiger partial charge in [0.05, 0.1) is 14.2 Å². The van der Waals surface area contributed by atoms with Crippen molar-refractivity contribution in [2.24, 2.45) is 0 Å². The Morgan fingerprint density at radius 1 is 1.08 bits per heavy atom. The van der Waals surface area contributed by atoms with Crippen molar-refractivity contribution in [3.05, 3.63) is 59.8 Å². The number of hydrogen-bond donors (Lipinski definition) is 2. The Morgan fingerprint density at radius 3 is 2.60 bits per heavy atom. The van der Waals surface area contributed by atoms with E-state index >= 15 is 0 Å². The number of nitrogens with one attached hydrogen (secondary N) is 2. The quantitative estimate of drug-likeness (QED) is 0.720. The van der Waals surface area contributed by atoms with E-state index in [1.807, 2.05) is 42.5 Å². The van der Waals surface area contributed by atoms with Crippen molar-refractivity contribution < 1.29 is 14.3 Å². The largest absolute Gasteiger partial charge is 0.497 e. The summed E-state index contributed by atoms with van der Waals surface area (Å²) in [5.74, 6) is 1.02. The summed E-state index contributed by atoms with van der Waals surface area (Å²) in [5, 5.41) is 13.4. The monoisotopic (exact) mass is 338 g/mol. The zero-order valence-electron chi connectivity index (χ0n) is 13.9. The fraction of sp³-hybridized carbons (Fsp3) is 0.167. The first-order chi connectivity index (χ1) is 12.2. The SMILES string of the molecule is COc1ccc(CNC(=O)c2n[nH]nc2-c2ccccc2)c(OC)c1. The molecule has 0 radical (unpaired) electrons. The van der Waals surface area contributed by atoms with E-state index in [-0.39, 0.29) is 11.6 Å². The molecule has 0 aliphatic rings. The third kappa shape index (κ3) is 3.60. The maximum Gasteiger partial charge on any atom is 0.274 e. The van der Waals surface area contributed by atoms with E-state index in [2.05, 4.69) is 20.7 Å². The third-order valence-electron chi connectivity index (χ3n) is 3.74. The Labute approximate surface area is 145 Å². The molecule has 3 rings (SSSR count). The molecule has 1 aromatic heterocycles. The Bertz CT molecular complexity index is 862. The summed E-state index contributed by atoms with van der Waals surface area (Å²) in [4.78, 5) is 12.5. The van der Waals surface area contributed by atoms with Crippen LogP contribution in [0.25, 0.3) is 11.3 Å². The molecule has 2 N–H and O–H groups in total. The van der Waals surface area contributed by atoms with Gasteiger partial charge in [0, 0.05) is 23.7 Å². The molecule has 1 heterocycles. The molecule has 25 heavy (non-hydrogen) atoms. The molecule has 0 aliphatic carbocycles. The lowest BCUT2D eigenvalue weighted by Crippen LogP contribution is -2.24. The van der Waals surface area contributed by atoms with Crippen LogP contribution in [-0.4, -0.2) is 35.5 Å². The molecule has 7 nitrogen and oxygen atoms in total. The predicted octanol–water partition coefficient (Wildman–Crippen LogP) is 2.42. The molecule has 0 atom stereocenters. The molecule has 0 spiro atoms. The zero-order valence-corrected chi connectivity index (χ0v) is 13.9. The van der Waals surface area contributed by atoms with Crippen LogP contribution in [0.5, 0.6) is 11.5 Å². The second-order valence-electron chi connectivity index (χ2n) is 5.25. The van der Waals surface area contributed by atoms with Crippen molar-refractivity contribution >= 4 is 5.91 Å². The normalized spacial score (nSPS) is 10.3. The summed E-state index contributed by atoms with van der Waals surface area (Å²) in [5.41, 5.74) is 2.42. The number of benzene rings is 2. The minimum atomic E-state index is -0.314. The van der Waals surface area contributed by atoms with Gasteiger partial charge in [-0.25, -0.2) is 0 Å². The number of hydrogen-bond acceptors (Lipinski definition) is 5. The minimum absolute atomic E-state index is 0.249. The summed E-state index contributed by atoms with van der Waals surface area (Å²) >= 11 is 0. The van der Waals surface area contributed by atoms with Crippen LogP contribution in [0.4, 0.5) is 0 Å². The molecule has 128 valence electrons. The van der Waals surface area contributed by atoms with E-state index in [4.69, 9.17) is 9.47 Å². The van der Waals surface area contributed by atoms with Gasteiger partial charge in [-0.2, -0.15) is 15.4 Å². The van der Waals surface area contributed by atoms with E-state index < -0.39 is 0 Å². The van der Waals surface area contributed by atoms with Crippen molar-refractivity contribution in [2.75, 3.05) is 14.2 Å². The summed E-state index contributed by atoms with van der Waals surface area (Å²) in [6.45, 7) is 0.299. The lowest BCUT2D eigenvalue weighted by Gasteiger charge is -2.11. The average molecular weight is 338 g/mol. The summed E-state index contributed by atoms with van der Waals surface area (Å²) in [6.07, 6.45) is 0. The molecule has 1 amide bonds. The zero-order chi connectivity index (χ0) is 17.6. The molecule has 0 bridgehead atoms. The Morgan fingerprint density at radius 2 is 1.88 bits per heavy atom. The molecular weight excluding hydrogens is 320 g/mol. The van der Waals surface area contributed by atoms with Crippen molar-refractivity contribution in [2.45, 2.75) is 6.54 Å². The van der Waals surface area contributed by atoms with E-state index in [1.165, 1.54) is 0 Å². The van der Waals surface area contributed by atoms with Crippen LogP contribution in [0.1, 0.15) is 16.1 Å². The van der Waals surface area contributed by atoms with E-state index in [9.17, 15) is 4.79 Å². The second kappa shape index (κ2) is 7.48. The first-order valence-electron chi connectivity index (χ1n) is 7.68. The van der Waals surface area contributed by atoms with Crippen LogP contribution in [0, 0.1) is 0 Å². The maximum atomic E-state index is 12.5. The number of aromatic nitrogens is 3. The van der Waals surface area contributed by atoms with Gasteiger partial charge in [-0.1, -0.05) is 30.3 Å². The highest BCUT2D eigenvalue weighted by Crippen LogP contribution is 2.24. The van der Waals surface area contributed by atoms with Crippen LogP contribution in [-0.2, 0) is 6.54 Å². The number of amides is 1. The van der Waals surface area contributed by atoms with E-state index in [0.717, 1.165) is 11.1 Å². The average Bonchev–Trinajstić information content (AvgIpc) is 3.16. The van der Waals surface area contributed by atoms with Crippen LogP contribution < -0.4 is 14.8 Å². The number of carbonyl (C=O) groups is 1. The number of aromatic amines is 1. The van der Waals surface area contributed by atoms with E-state index in [0.29, 0.717) is 23.7 Å². The van der Waals surface area contributed by atoms with Crippen LogP contribution in [0.2, 0.25) is 0 Å². The third-order valence-corrected chi connectivity index (χ3v) is 3.74. The van der Waals surface area contributed by atoms with Gasteiger partial charge in [-0.3, -0.25) is 4.79 Å². The van der Waals surface area contributed by atoms with Gasteiger partial charge < -0.3 is 14.8 Å². The van der Waals surface area contributed by atoms with Gasteiger partial charge >= 0.3 is 0 Å². The topological polar surface area (TPSA) is 89.1 Å². The van der Waals surface area contributed by atoms with Gasteiger partial charge in [-0.05, 0) is 12.1 Å². The van der Waals surface area contributed by atoms with E-state index in [1.54, 1.807) is 20.3 Å². The molecular formula is C18H18N4O3. The van der Waals surface area contributed by atoms with Crippen molar-refractivity contribution in [1.82, 2.24) is 20.7 Å². The van der Waals surface area contributed by atoms with Crippen LogP contribution >= 0.6 is 0 Å².